The van der Waals surface area contributed by atoms with Gasteiger partial charge in [-0.2, -0.15) is 0 Å². The van der Waals surface area contributed by atoms with Gasteiger partial charge in [0, 0.05) is 23.1 Å². The summed E-state index contributed by atoms with van der Waals surface area (Å²) in [4.78, 5) is 35.3. The van der Waals surface area contributed by atoms with Crippen LogP contribution in [-0.4, -0.2) is 21.8 Å². The van der Waals surface area contributed by atoms with E-state index >= 15 is 0 Å². The second-order valence-corrected chi connectivity index (χ2v) is 7.54. The average Bonchev–Trinajstić information content (AvgIpc) is 2.96. The summed E-state index contributed by atoms with van der Waals surface area (Å²) in [7, 11) is 0. The number of hydrogen-bond donors (Lipinski definition) is 2. The molecule has 0 aliphatic rings. The molecule has 0 aliphatic carbocycles. The van der Waals surface area contributed by atoms with E-state index in [9.17, 15) is 9.59 Å². The Bertz CT molecular complexity index is 1060. The van der Waals surface area contributed by atoms with Crippen molar-refractivity contribution in [2.45, 2.75) is 41.0 Å². The number of aromatic nitrogens is 2. The van der Waals surface area contributed by atoms with Gasteiger partial charge >= 0.3 is 0 Å². The van der Waals surface area contributed by atoms with Crippen molar-refractivity contribution < 1.29 is 9.59 Å². The molecule has 7 heteroatoms. The Hall–Kier alpha value is -2.80. The van der Waals surface area contributed by atoms with Crippen molar-refractivity contribution in [1.82, 2.24) is 20.8 Å². The van der Waals surface area contributed by atoms with Crippen LogP contribution in [0.5, 0.6) is 0 Å². The molecule has 0 radical (unpaired) electrons. The number of nitrogens with one attached hydrogen (secondary N) is 2. The summed E-state index contributed by atoms with van der Waals surface area (Å²) in [6.07, 6.45) is 0.737. The molecule has 3 aromatic rings. The van der Waals surface area contributed by atoms with Crippen LogP contribution in [0.3, 0.4) is 0 Å². The predicted octanol–water partition coefficient (Wildman–Crippen LogP) is 3.56. The average molecular weight is 382 g/mol. The first kappa shape index (κ1) is 19.0. The van der Waals surface area contributed by atoms with Crippen molar-refractivity contribution in [3.8, 4) is 0 Å². The summed E-state index contributed by atoms with van der Waals surface area (Å²) < 4.78 is 0. The summed E-state index contributed by atoms with van der Waals surface area (Å²) in [6.45, 7) is 9.63. The van der Waals surface area contributed by atoms with Crippen molar-refractivity contribution in [1.29, 1.82) is 0 Å². The molecule has 0 saturated carbocycles. The van der Waals surface area contributed by atoms with Crippen LogP contribution in [0.1, 0.15) is 55.2 Å². The van der Waals surface area contributed by atoms with Crippen molar-refractivity contribution in [3.63, 3.8) is 0 Å². The lowest BCUT2D eigenvalue weighted by atomic mass is 10.1. The van der Waals surface area contributed by atoms with E-state index in [1.807, 2.05) is 46.8 Å². The van der Waals surface area contributed by atoms with E-state index in [0.717, 1.165) is 44.8 Å². The number of hydrazine groups is 1. The molecule has 0 unspecified atom stereocenters. The monoisotopic (exact) mass is 382 g/mol. The summed E-state index contributed by atoms with van der Waals surface area (Å²) >= 11 is 1.31. The summed E-state index contributed by atoms with van der Waals surface area (Å²) in [5, 5.41) is 0.906. The highest BCUT2D eigenvalue weighted by molar-refractivity contribution is 7.20. The zero-order valence-corrected chi connectivity index (χ0v) is 16.9. The number of rotatable bonds is 3. The normalized spacial score (nSPS) is 10.9. The Kier molecular flexibility index (Phi) is 5.23. The molecule has 2 heterocycles. The SMILES string of the molecule is CCc1nc(C)c2c(C)c(C(=O)NNC(=O)c3ccc(C)cc3C)sc2n1. The molecule has 27 heavy (non-hydrogen) atoms. The van der Waals surface area contributed by atoms with Gasteiger partial charge in [0.1, 0.15) is 10.7 Å². The highest BCUT2D eigenvalue weighted by Gasteiger charge is 2.19. The Morgan fingerprint density at radius 2 is 1.74 bits per heavy atom. The van der Waals surface area contributed by atoms with Gasteiger partial charge in [-0.15, -0.1) is 11.3 Å². The van der Waals surface area contributed by atoms with Crippen LogP contribution in [0.2, 0.25) is 0 Å². The van der Waals surface area contributed by atoms with Crippen molar-refractivity contribution in [3.05, 3.63) is 56.8 Å². The minimum absolute atomic E-state index is 0.344. The van der Waals surface area contributed by atoms with Crippen molar-refractivity contribution in [2.24, 2.45) is 0 Å². The van der Waals surface area contributed by atoms with Gasteiger partial charge in [0.05, 0.1) is 4.88 Å². The Labute approximate surface area is 162 Å². The minimum atomic E-state index is -0.355. The number of carbonyl (C=O) groups excluding carboxylic acids is 2. The number of carbonyl (C=O) groups is 2. The molecule has 3 rings (SSSR count). The number of hydrogen-bond acceptors (Lipinski definition) is 5. The fourth-order valence-corrected chi connectivity index (χ4v) is 4.22. The predicted molar refractivity (Wildman–Crippen MR) is 107 cm³/mol. The molecule has 1 aromatic carbocycles. The third-order valence-electron chi connectivity index (χ3n) is 4.46. The molecule has 0 spiro atoms. The Morgan fingerprint density at radius 1 is 1.04 bits per heavy atom. The second-order valence-electron chi connectivity index (χ2n) is 6.54. The Morgan fingerprint density at radius 3 is 2.41 bits per heavy atom. The van der Waals surface area contributed by atoms with Gasteiger partial charge in [0.2, 0.25) is 0 Å². The lowest BCUT2D eigenvalue weighted by Gasteiger charge is -2.09. The summed E-state index contributed by atoms with van der Waals surface area (Å²) in [5.41, 5.74) is 9.17. The van der Waals surface area contributed by atoms with E-state index in [1.54, 1.807) is 6.07 Å². The quantitative estimate of drug-likeness (QED) is 0.679. The third kappa shape index (κ3) is 3.68. The van der Waals surface area contributed by atoms with E-state index in [1.165, 1.54) is 11.3 Å². The molecule has 0 fully saturated rings. The molecule has 140 valence electrons. The van der Waals surface area contributed by atoms with Crippen molar-refractivity contribution in [2.75, 3.05) is 0 Å². The number of amides is 2. The number of nitrogens with zero attached hydrogens (tertiary/aromatic N) is 2. The van der Waals surface area contributed by atoms with Crippen LogP contribution in [0.25, 0.3) is 10.2 Å². The molecule has 0 aliphatic heterocycles. The number of thiophene rings is 1. The van der Waals surface area contributed by atoms with Gasteiger partial charge in [-0.3, -0.25) is 20.4 Å². The van der Waals surface area contributed by atoms with Gasteiger partial charge in [-0.05, 0) is 44.9 Å². The summed E-state index contributed by atoms with van der Waals surface area (Å²) in [5.74, 6) is 0.0614. The van der Waals surface area contributed by atoms with Gasteiger partial charge in [-0.1, -0.05) is 24.6 Å². The number of benzene rings is 1. The van der Waals surface area contributed by atoms with E-state index in [2.05, 4.69) is 20.8 Å². The fraction of sp³-hybridized carbons (Fsp3) is 0.300. The molecule has 0 atom stereocenters. The van der Waals surface area contributed by atoms with Crippen LogP contribution in [0.4, 0.5) is 0 Å². The van der Waals surface area contributed by atoms with Crippen LogP contribution in [-0.2, 0) is 6.42 Å². The van der Waals surface area contributed by atoms with E-state index < -0.39 is 0 Å². The smallest absolute Gasteiger partial charge is 0.267 e. The highest BCUT2D eigenvalue weighted by atomic mass is 32.1. The van der Waals surface area contributed by atoms with Crippen LogP contribution in [0, 0.1) is 27.7 Å². The third-order valence-corrected chi connectivity index (χ3v) is 5.64. The lowest BCUT2D eigenvalue weighted by Crippen LogP contribution is -2.41. The lowest BCUT2D eigenvalue weighted by molar-refractivity contribution is 0.0848. The molecule has 2 amide bonds. The molecule has 2 N–H and O–H groups in total. The zero-order valence-electron chi connectivity index (χ0n) is 16.1. The van der Waals surface area contributed by atoms with Crippen LogP contribution >= 0.6 is 11.3 Å². The molecule has 0 saturated heterocycles. The number of aryl methyl sites for hydroxylation is 5. The molecule has 6 nitrogen and oxygen atoms in total. The first-order valence-electron chi connectivity index (χ1n) is 8.76. The van der Waals surface area contributed by atoms with E-state index in [-0.39, 0.29) is 11.8 Å². The standard InChI is InChI=1S/C20H22N4O2S/c1-6-15-21-13(5)16-12(4)17(27-20(16)22-15)19(26)24-23-18(25)14-8-7-10(2)9-11(14)3/h7-9H,6H2,1-5H3,(H,23,25)(H,24,26). The van der Waals surface area contributed by atoms with E-state index in [4.69, 9.17) is 0 Å². The van der Waals surface area contributed by atoms with E-state index in [0.29, 0.717) is 10.4 Å². The molecule has 2 aromatic heterocycles. The largest absolute Gasteiger partial charge is 0.280 e. The second kappa shape index (κ2) is 7.44. The fourth-order valence-electron chi connectivity index (χ4n) is 3.08. The first-order valence-corrected chi connectivity index (χ1v) is 9.58. The zero-order chi connectivity index (χ0) is 19.7. The maximum Gasteiger partial charge on any atom is 0.280 e. The molecular formula is C20H22N4O2S. The van der Waals surface area contributed by atoms with Gasteiger partial charge in [-0.25, -0.2) is 9.97 Å². The van der Waals surface area contributed by atoms with Crippen molar-refractivity contribution >= 4 is 33.4 Å². The van der Waals surface area contributed by atoms with Crippen LogP contribution in [0.15, 0.2) is 18.2 Å². The number of fused-ring (bicyclic) bond motifs is 1. The highest BCUT2D eigenvalue weighted by Crippen LogP contribution is 2.31. The first-order chi connectivity index (χ1) is 12.8. The maximum atomic E-state index is 12.6. The van der Waals surface area contributed by atoms with Gasteiger partial charge in [0.25, 0.3) is 11.8 Å². The maximum absolute atomic E-state index is 12.6. The minimum Gasteiger partial charge on any atom is -0.267 e. The topological polar surface area (TPSA) is 84.0 Å². The molecule has 0 bridgehead atoms. The Balaban J connectivity index is 1.81. The van der Waals surface area contributed by atoms with Gasteiger partial charge < -0.3 is 0 Å². The van der Waals surface area contributed by atoms with Crippen LogP contribution < -0.4 is 10.9 Å². The molecular weight excluding hydrogens is 360 g/mol. The summed E-state index contributed by atoms with van der Waals surface area (Å²) in [6, 6.07) is 5.55. The van der Waals surface area contributed by atoms with Gasteiger partial charge in [0.15, 0.2) is 0 Å².